The largest absolute Gasteiger partial charge is 0.299 e. The van der Waals surface area contributed by atoms with Crippen LogP contribution in [0.15, 0.2) is 0 Å². The minimum atomic E-state index is 0.186. The second kappa shape index (κ2) is 4.67. The van der Waals surface area contributed by atoms with E-state index in [1.165, 1.54) is 12.8 Å². The van der Waals surface area contributed by atoms with Crippen molar-refractivity contribution in [1.82, 2.24) is 0 Å². The second-order valence-corrected chi connectivity index (χ2v) is 6.04. The van der Waals surface area contributed by atoms with E-state index in [4.69, 9.17) is 0 Å². The topological polar surface area (TPSA) is 17.1 Å². The maximum absolute atomic E-state index is 12.1. The van der Waals surface area contributed by atoms with E-state index in [-0.39, 0.29) is 5.41 Å². The molecule has 3 atom stereocenters. The first-order chi connectivity index (χ1) is 6.89. The first kappa shape index (κ1) is 12.7. The van der Waals surface area contributed by atoms with Gasteiger partial charge in [-0.25, -0.2) is 0 Å². The molecule has 0 aromatic heterocycles. The highest BCUT2D eigenvalue weighted by atomic mass is 16.1. The molecular formula is C14H26O. The Hall–Kier alpha value is -0.330. The molecule has 1 aliphatic rings. The van der Waals surface area contributed by atoms with E-state index in [0.29, 0.717) is 23.5 Å². The zero-order valence-electron chi connectivity index (χ0n) is 11.0. The minimum absolute atomic E-state index is 0.186. The van der Waals surface area contributed by atoms with Crippen LogP contribution in [0.1, 0.15) is 60.3 Å². The van der Waals surface area contributed by atoms with Crippen LogP contribution in [0.4, 0.5) is 0 Å². The Morgan fingerprint density at radius 2 is 2.00 bits per heavy atom. The maximum Gasteiger partial charge on any atom is 0.136 e. The third-order valence-corrected chi connectivity index (χ3v) is 4.67. The van der Waals surface area contributed by atoms with Gasteiger partial charge in [-0.2, -0.15) is 0 Å². The molecular weight excluding hydrogens is 184 g/mol. The molecule has 0 aromatic rings. The van der Waals surface area contributed by atoms with Gasteiger partial charge in [-0.05, 0) is 30.1 Å². The smallest absolute Gasteiger partial charge is 0.136 e. The lowest BCUT2D eigenvalue weighted by molar-refractivity contribution is -0.131. The maximum atomic E-state index is 12.1. The first-order valence-corrected chi connectivity index (χ1v) is 6.42. The van der Waals surface area contributed by atoms with Crippen molar-refractivity contribution in [2.24, 2.45) is 23.2 Å². The number of hydrogen-bond acceptors (Lipinski definition) is 1. The summed E-state index contributed by atoms with van der Waals surface area (Å²) in [6.45, 7) is 11.3. The van der Waals surface area contributed by atoms with E-state index in [1.807, 2.05) is 0 Å². The van der Waals surface area contributed by atoms with Crippen molar-refractivity contribution in [3.05, 3.63) is 0 Å². The molecule has 1 fully saturated rings. The predicted octanol–water partition coefficient (Wildman–Crippen LogP) is 4.06. The number of carbonyl (C=O) groups excluding carboxylic acids is 1. The molecule has 0 heterocycles. The lowest BCUT2D eigenvalue weighted by Crippen LogP contribution is -2.39. The number of Topliss-reactive ketones (excluding diaryl/α,β-unsaturated/α-hetero) is 1. The molecule has 15 heavy (non-hydrogen) atoms. The first-order valence-electron chi connectivity index (χ1n) is 6.42. The second-order valence-electron chi connectivity index (χ2n) is 6.04. The molecule has 0 saturated heterocycles. The number of carbonyl (C=O) groups is 1. The summed E-state index contributed by atoms with van der Waals surface area (Å²) in [6, 6.07) is 0. The molecule has 1 nitrogen and oxygen atoms in total. The van der Waals surface area contributed by atoms with Crippen molar-refractivity contribution in [2.45, 2.75) is 60.3 Å². The van der Waals surface area contributed by atoms with E-state index in [0.717, 1.165) is 12.8 Å². The highest BCUT2D eigenvalue weighted by molar-refractivity contribution is 5.82. The van der Waals surface area contributed by atoms with Crippen molar-refractivity contribution in [2.75, 3.05) is 0 Å². The zero-order chi connectivity index (χ0) is 11.6. The van der Waals surface area contributed by atoms with Crippen LogP contribution in [-0.4, -0.2) is 5.78 Å². The van der Waals surface area contributed by atoms with Crippen LogP contribution < -0.4 is 0 Å². The van der Waals surface area contributed by atoms with Crippen molar-refractivity contribution in [3.8, 4) is 0 Å². The fourth-order valence-corrected chi connectivity index (χ4v) is 2.86. The van der Waals surface area contributed by atoms with Gasteiger partial charge in [-0.15, -0.1) is 0 Å². The van der Waals surface area contributed by atoms with Gasteiger partial charge in [0.25, 0.3) is 0 Å². The average Bonchev–Trinajstić information content (AvgIpc) is 2.15. The molecule has 0 radical (unpaired) electrons. The Kier molecular flexibility index (Phi) is 3.97. The Morgan fingerprint density at radius 1 is 1.40 bits per heavy atom. The Morgan fingerprint density at radius 3 is 2.47 bits per heavy atom. The molecule has 1 aliphatic carbocycles. The summed E-state index contributed by atoms with van der Waals surface area (Å²) in [5.74, 6) is 2.07. The van der Waals surface area contributed by atoms with Gasteiger partial charge in [0.15, 0.2) is 0 Å². The molecule has 0 aromatic carbocycles. The van der Waals surface area contributed by atoms with E-state index < -0.39 is 0 Å². The third-order valence-electron chi connectivity index (χ3n) is 4.67. The van der Waals surface area contributed by atoms with Crippen LogP contribution in [0, 0.1) is 23.2 Å². The summed E-state index contributed by atoms with van der Waals surface area (Å²) in [4.78, 5) is 12.1. The molecule has 0 aliphatic heterocycles. The SMILES string of the molecule is CCC(C)C(C)(C)C1CCC(C)CC1=O. The van der Waals surface area contributed by atoms with E-state index in [2.05, 4.69) is 34.6 Å². The van der Waals surface area contributed by atoms with E-state index in [9.17, 15) is 4.79 Å². The Balaban J connectivity index is 2.74. The quantitative estimate of drug-likeness (QED) is 0.686. The van der Waals surface area contributed by atoms with Gasteiger partial charge >= 0.3 is 0 Å². The van der Waals surface area contributed by atoms with Gasteiger partial charge in [0.05, 0.1) is 0 Å². The van der Waals surface area contributed by atoms with Crippen molar-refractivity contribution < 1.29 is 4.79 Å². The van der Waals surface area contributed by atoms with Crippen molar-refractivity contribution in [3.63, 3.8) is 0 Å². The van der Waals surface area contributed by atoms with Crippen LogP contribution in [0.2, 0.25) is 0 Å². The number of rotatable bonds is 3. The van der Waals surface area contributed by atoms with Gasteiger partial charge in [-0.1, -0.05) is 41.0 Å². The summed E-state index contributed by atoms with van der Waals surface area (Å²) >= 11 is 0. The average molecular weight is 210 g/mol. The van der Waals surface area contributed by atoms with Crippen molar-refractivity contribution >= 4 is 5.78 Å². The summed E-state index contributed by atoms with van der Waals surface area (Å²) in [5, 5.41) is 0. The fraction of sp³-hybridized carbons (Fsp3) is 0.929. The molecule has 0 spiro atoms. The Bertz CT molecular complexity index is 229. The molecule has 1 saturated carbocycles. The molecule has 0 bridgehead atoms. The summed E-state index contributed by atoms with van der Waals surface area (Å²) in [7, 11) is 0. The predicted molar refractivity (Wildman–Crippen MR) is 64.7 cm³/mol. The lowest BCUT2D eigenvalue weighted by Gasteiger charge is -2.41. The highest BCUT2D eigenvalue weighted by Gasteiger charge is 2.40. The number of ketones is 1. The highest BCUT2D eigenvalue weighted by Crippen LogP contribution is 2.43. The minimum Gasteiger partial charge on any atom is -0.299 e. The van der Waals surface area contributed by atoms with Gasteiger partial charge in [0.1, 0.15) is 5.78 Å². The summed E-state index contributed by atoms with van der Waals surface area (Å²) < 4.78 is 0. The molecule has 3 unspecified atom stereocenters. The van der Waals surface area contributed by atoms with Gasteiger partial charge in [0.2, 0.25) is 0 Å². The summed E-state index contributed by atoms with van der Waals surface area (Å²) in [5.41, 5.74) is 0.186. The fourth-order valence-electron chi connectivity index (χ4n) is 2.86. The monoisotopic (exact) mass is 210 g/mol. The van der Waals surface area contributed by atoms with Crippen molar-refractivity contribution in [1.29, 1.82) is 0 Å². The molecule has 1 rings (SSSR count). The van der Waals surface area contributed by atoms with E-state index >= 15 is 0 Å². The van der Waals surface area contributed by atoms with Crippen LogP contribution in [0.25, 0.3) is 0 Å². The van der Waals surface area contributed by atoms with Gasteiger partial charge < -0.3 is 0 Å². The van der Waals surface area contributed by atoms with Crippen LogP contribution in [-0.2, 0) is 4.79 Å². The third kappa shape index (κ3) is 2.62. The standard InChI is InChI=1S/C14H26O/c1-6-11(3)14(4,5)12-8-7-10(2)9-13(12)15/h10-12H,6-9H2,1-5H3. The molecule has 0 N–H and O–H groups in total. The van der Waals surface area contributed by atoms with Crippen LogP contribution >= 0.6 is 0 Å². The summed E-state index contributed by atoms with van der Waals surface area (Å²) in [6.07, 6.45) is 4.32. The van der Waals surface area contributed by atoms with Gasteiger partial charge in [-0.3, -0.25) is 4.79 Å². The zero-order valence-corrected chi connectivity index (χ0v) is 11.0. The number of hydrogen-bond donors (Lipinski definition) is 0. The normalized spacial score (nSPS) is 30.3. The lowest BCUT2D eigenvalue weighted by atomic mass is 9.62. The Labute approximate surface area is 94.6 Å². The van der Waals surface area contributed by atoms with E-state index in [1.54, 1.807) is 0 Å². The molecule has 1 heteroatoms. The van der Waals surface area contributed by atoms with Crippen LogP contribution in [0.5, 0.6) is 0 Å². The van der Waals surface area contributed by atoms with Crippen LogP contribution in [0.3, 0.4) is 0 Å². The molecule has 88 valence electrons. The molecule has 0 amide bonds. The van der Waals surface area contributed by atoms with Gasteiger partial charge in [0, 0.05) is 12.3 Å².